The second-order valence-corrected chi connectivity index (χ2v) is 5.20. The smallest absolute Gasteiger partial charge is 0.274 e. The highest BCUT2D eigenvalue weighted by molar-refractivity contribution is 5.97. The third-order valence-corrected chi connectivity index (χ3v) is 4.14. The Morgan fingerprint density at radius 2 is 2.17 bits per heavy atom. The summed E-state index contributed by atoms with van der Waals surface area (Å²) in [5.74, 6) is 0.784. The van der Waals surface area contributed by atoms with Gasteiger partial charge in [0.1, 0.15) is 5.69 Å². The molecule has 0 bridgehead atoms. The van der Waals surface area contributed by atoms with Crippen LogP contribution in [-0.2, 0) is 0 Å². The summed E-state index contributed by atoms with van der Waals surface area (Å²) in [6.07, 6.45) is 7.35. The number of H-pyrrole nitrogens is 1. The molecule has 0 spiro atoms. The molecule has 0 saturated heterocycles. The fourth-order valence-corrected chi connectivity index (χ4v) is 2.75. The molecule has 0 atom stereocenters. The Hall–Kier alpha value is -1.52. The zero-order valence-corrected chi connectivity index (χ0v) is 11.1. The van der Waals surface area contributed by atoms with Crippen LogP contribution in [0.3, 0.4) is 0 Å². The monoisotopic (exact) mass is 250 g/mol. The van der Waals surface area contributed by atoms with Crippen LogP contribution in [0.4, 0.5) is 5.69 Å². The maximum Gasteiger partial charge on any atom is 0.274 e. The van der Waals surface area contributed by atoms with Crippen molar-refractivity contribution in [3.8, 4) is 0 Å². The molecule has 3 N–H and O–H groups in total. The molecule has 2 rings (SSSR count). The predicted molar refractivity (Wildman–Crippen MR) is 71.1 cm³/mol. The number of aromatic nitrogens is 2. The molecule has 1 saturated carbocycles. The first kappa shape index (κ1) is 12.9. The number of carbonyl (C=O) groups excluding carboxylic acids is 1. The Morgan fingerprint density at radius 1 is 1.50 bits per heavy atom. The summed E-state index contributed by atoms with van der Waals surface area (Å²) in [5.41, 5.74) is 6.55. The molecule has 0 aromatic carbocycles. The van der Waals surface area contributed by atoms with Crippen molar-refractivity contribution in [2.45, 2.75) is 45.1 Å². The van der Waals surface area contributed by atoms with Gasteiger partial charge in [-0.15, -0.1) is 0 Å². The van der Waals surface area contributed by atoms with Gasteiger partial charge in [-0.05, 0) is 31.6 Å². The largest absolute Gasteiger partial charge is 0.396 e. The van der Waals surface area contributed by atoms with E-state index in [4.69, 9.17) is 5.73 Å². The highest BCUT2D eigenvalue weighted by atomic mass is 16.2. The zero-order valence-electron chi connectivity index (χ0n) is 11.1. The number of rotatable bonds is 3. The Balaban J connectivity index is 1.98. The molecule has 1 heterocycles. The lowest BCUT2D eigenvalue weighted by Gasteiger charge is -2.34. The van der Waals surface area contributed by atoms with Gasteiger partial charge >= 0.3 is 0 Å². The number of hydrogen-bond acceptors (Lipinski definition) is 3. The summed E-state index contributed by atoms with van der Waals surface area (Å²) >= 11 is 0. The number of nitrogens with zero attached hydrogens (tertiary/aromatic N) is 2. The van der Waals surface area contributed by atoms with Gasteiger partial charge in [-0.25, -0.2) is 0 Å². The van der Waals surface area contributed by atoms with E-state index in [1.807, 2.05) is 11.9 Å². The van der Waals surface area contributed by atoms with E-state index in [2.05, 4.69) is 17.1 Å². The van der Waals surface area contributed by atoms with E-state index in [0.29, 0.717) is 17.4 Å². The summed E-state index contributed by atoms with van der Waals surface area (Å²) in [7, 11) is 1.86. The first-order valence-electron chi connectivity index (χ1n) is 6.69. The van der Waals surface area contributed by atoms with Gasteiger partial charge < -0.3 is 10.6 Å². The van der Waals surface area contributed by atoms with Gasteiger partial charge in [0.05, 0.1) is 11.9 Å². The summed E-state index contributed by atoms with van der Waals surface area (Å²) in [6, 6.07) is 0.336. The molecule has 1 amide bonds. The van der Waals surface area contributed by atoms with Crippen molar-refractivity contribution in [2.24, 2.45) is 5.92 Å². The number of nitrogen functional groups attached to an aromatic ring is 1. The predicted octanol–water partition coefficient (Wildman–Crippen LogP) is 2.03. The van der Waals surface area contributed by atoms with Crippen LogP contribution in [0.5, 0.6) is 0 Å². The van der Waals surface area contributed by atoms with Gasteiger partial charge in [0.15, 0.2) is 0 Å². The summed E-state index contributed by atoms with van der Waals surface area (Å²) in [6.45, 7) is 2.24. The van der Waals surface area contributed by atoms with E-state index < -0.39 is 0 Å². The Morgan fingerprint density at radius 3 is 2.67 bits per heavy atom. The van der Waals surface area contributed by atoms with E-state index in [1.54, 1.807) is 0 Å². The van der Waals surface area contributed by atoms with E-state index >= 15 is 0 Å². The molecule has 18 heavy (non-hydrogen) atoms. The minimum Gasteiger partial charge on any atom is -0.396 e. The third-order valence-electron chi connectivity index (χ3n) is 4.14. The van der Waals surface area contributed by atoms with E-state index in [9.17, 15) is 4.79 Å². The van der Waals surface area contributed by atoms with E-state index in [1.165, 1.54) is 25.5 Å². The number of anilines is 1. The molecule has 1 fully saturated rings. The van der Waals surface area contributed by atoms with Crippen LogP contribution in [-0.4, -0.2) is 34.1 Å². The maximum absolute atomic E-state index is 12.3. The molecule has 1 aliphatic carbocycles. The van der Waals surface area contributed by atoms with Crippen LogP contribution in [0.15, 0.2) is 6.20 Å². The number of hydrogen-bond donors (Lipinski definition) is 2. The molecule has 0 aliphatic heterocycles. The Labute approximate surface area is 108 Å². The molecule has 1 aliphatic rings. The van der Waals surface area contributed by atoms with E-state index in [-0.39, 0.29) is 5.91 Å². The molecule has 0 radical (unpaired) electrons. The molecular formula is C13H22N4O. The van der Waals surface area contributed by atoms with Gasteiger partial charge in [0, 0.05) is 13.1 Å². The minimum absolute atomic E-state index is 0.0510. The molecule has 1 aromatic heterocycles. The Kier molecular flexibility index (Phi) is 3.89. The molecule has 1 aromatic rings. The Bertz CT molecular complexity index is 407. The van der Waals surface area contributed by atoms with Crippen molar-refractivity contribution in [3.63, 3.8) is 0 Å². The van der Waals surface area contributed by atoms with Gasteiger partial charge in [-0.2, -0.15) is 5.10 Å². The van der Waals surface area contributed by atoms with Crippen molar-refractivity contribution < 1.29 is 4.79 Å². The van der Waals surface area contributed by atoms with Crippen LogP contribution in [0, 0.1) is 5.92 Å². The first-order chi connectivity index (χ1) is 8.63. The lowest BCUT2D eigenvalue weighted by Crippen LogP contribution is -2.39. The molecule has 0 unspecified atom stereocenters. The summed E-state index contributed by atoms with van der Waals surface area (Å²) in [5, 5.41) is 6.48. The zero-order chi connectivity index (χ0) is 13.1. The van der Waals surface area contributed by atoms with Crippen molar-refractivity contribution in [3.05, 3.63) is 11.9 Å². The average molecular weight is 250 g/mol. The van der Waals surface area contributed by atoms with Crippen LogP contribution < -0.4 is 5.73 Å². The van der Waals surface area contributed by atoms with Crippen LogP contribution >= 0.6 is 0 Å². The fraction of sp³-hybridized carbons (Fsp3) is 0.692. The third kappa shape index (κ3) is 2.49. The maximum atomic E-state index is 12.3. The van der Waals surface area contributed by atoms with Crippen molar-refractivity contribution in [1.82, 2.24) is 15.1 Å². The van der Waals surface area contributed by atoms with Gasteiger partial charge in [0.25, 0.3) is 5.91 Å². The second-order valence-electron chi connectivity index (χ2n) is 5.20. The summed E-state index contributed by atoms with van der Waals surface area (Å²) in [4.78, 5) is 14.1. The van der Waals surface area contributed by atoms with Crippen LogP contribution in [0.25, 0.3) is 0 Å². The number of amides is 1. The SMILES string of the molecule is CCC1CCC(N(C)C(=O)c2[nH]ncc2N)CC1. The van der Waals surface area contributed by atoms with Crippen LogP contribution in [0.2, 0.25) is 0 Å². The molecule has 5 heteroatoms. The normalized spacial score (nSPS) is 23.9. The van der Waals surface area contributed by atoms with Gasteiger partial charge in [-0.3, -0.25) is 9.89 Å². The lowest BCUT2D eigenvalue weighted by molar-refractivity contribution is 0.0670. The number of nitrogens with one attached hydrogen (secondary N) is 1. The quantitative estimate of drug-likeness (QED) is 0.862. The fourth-order valence-electron chi connectivity index (χ4n) is 2.75. The number of aromatic amines is 1. The topological polar surface area (TPSA) is 75.0 Å². The van der Waals surface area contributed by atoms with Gasteiger partial charge in [-0.1, -0.05) is 13.3 Å². The summed E-state index contributed by atoms with van der Waals surface area (Å²) < 4.78 is 0. The first-order valence-corrected chi connectivity index (χ1v) is 6.69. The van der Waals surface area contributed by atoms with Crippen LogP contribution in [0.1, 0.15) is 49.5 Å². The molecular weight excluding hydrogens is 228 g/mol. The van der Waals surface area contributed by atoms with Crippen molar-refractivity contribution in [1.29, 1.82) is 0 Å². The highest BCUT2D eigenvalue weighted by Crippen LogP contribution is 2.29. The van der Waals surface area contributed by atoms with Gasteiger partial charge in [0.2, 0.25) is 0 Å². The van der Waals surface area contributed by atoms with E-state index in [0.717, 1.165) is 18.8 Å². The highest BCUT2D eigenvalue weighted by Gasteiger charge is 2.27. The number of carbonyl (C=O) groups is 1. The standard InChI is InChI=1S/C13H22N4O/c1-3-9-4-6-10(7-5-9)17(2)13(18)12-11(14)8-15-16-12/h8-10H,3-7,14H2,1-2H3,(H,15,16). The van der Waals surface area contributed by atoms with Crippen molar-refractivity contribution >= 4 is 11.6 Å². The second kappa shape index (κ2) is 5.42. The minimum atomic E-state index is -0.0510. The number of nitrogens with two attached hydrogens (primary N) is 1. The lowest BCUT2D eigenvalue weighted by atomic mass is 9.84. The molecule has 100 valence electrons. The average Bonchev–Trinajstić information content (AvgIpc) is 2.83. The van der Waals surface area contributed by atoms with Crippen molar-refractivity contribution in [2.75, 3.05) is 12.8 Å². The molecule has 5 nitrogen and oxygen atoms in total.